The second-order valence-corrected chi connectivity index (χ2v) is 6.72. The molecule has 0 atom stereocenters. The van der Waals surface area contributed by atoms with Crippen molar-refractivity contribution in [3.63, 3.8) is 0 Å². The van der Waals surface area contributed by atoms with Crippen molar-refractivity contribution in [3.05, 3.63) is 11.6 Å². The highest BCUT2D eigenvalue weighted by Crippen LogP contribution is 2.37. The predicted molar refractivity (Wildman–Crippen MR) is 80.3 cm³/mol. The molecule has 0 bridgehead atoms. The number of nitrogens with zero attached hydrogens (tertiary/aromatic N) is 3. The summed E-state index contributed by atoms with van der Waals surface area (Å²) >= 11 is 0. The molecule has 112 valence electrons. The molecule has 0 radical (unpaired) electrons. The summed E-state index contributed by atoms with van der Waals surface area (Å²) in [5, 5.41) is 12.3. The molecule has 1 aromatic rings. The number of rotatable bonds is 5. The number of nitrogens with one attached hydrogen (secondary N) is 1. The average molecular weight is 276 g/mol. The van der Waals surface area contributed by atoms with Crippen molar-refractivity contribution in [1.82, 2.24) is 20.1 Å². The zero-order chi connectivity index (χ0) is 13.9. The standard InChI is InChI=1S/C16H28N4/c1-12-18-19-15(20(12)2)11-17-16(13-7-3-4-8-13)14-9-5-6-10-14/h13-14,16-17H,3-11H2,1-2H3. The van der Waals surface area contributed by atoms with Gasteiger partial charge in [0.2, 0.25) is 0 Å². The Hall–Kier alpha value is -0.900. The Kier molecular flexibility index (Phi) is 4.39. The molecule has 1 N–H and O–H groups in total. The van der Waals surface area contributed by atoms with E-state index in [-0.39, 0.29) is 0 Å². The van der Waals surface area contributed by atoms with E-state index < -0.39 is 0 Å². The first kappa shape index (κ1) is 14.1. The van der Waals surface area contributed by atoms with Crippen LogP contribution in [-0.4, -0.2) is 20.8 Å². The molecular formula is C16H28N4. The van der Waals surface area contributed by atoms with Crippen LogP contribution in [0.4, 0.5) is 0 Å². The third-order valence-electron chi connectivity index (χ3n) is 5.49. The fraction of sp³-hybridized carbons (Fsp3) is 0.875. The lowest BCUT2D eigenvalue weighted by Crippen LogP contribution is -2.40. The van der Waals surface area contributed by atoms with Crippen LogP contribution in [0.1, 0.15) is 63.0 Å². The molecule has 0 aromatic carbocycles. The van der Waals surface area contributed by atoms with E-state index in [1.165, 1.54) is 51.4 Å². The lowest BCUT2D eigenvalue weighted by atomic mass is 9.86. The van der Waals surface area contributed by atoms with Gasteiger partial charge in [0.15, 0.2) is 0 Å². The van der Waals surface area contributed by atoms with Crippen molar-refractivity contribution in [1.29, 1.82) is 0 Å². The van der Waals surface area contributed by atoms with E-state index in [0.29, 0.717) is 6.04 Å². The van der Waals surface area contributed by atoms with Crippen LogP contribution in [0.5, 0.6) is 0 Å². The van der Waals surface area contributed by atoms with Crippen molar-refractivity contribution < 1.29 is 0 Å². The van der Waals surface area contributed by atoms with Gasteiger partial charge in [-0.15, -0.1) is 10.2 Å². The van der Waals surface area contributed by atoms with Crippen LogP contribution in [-0.2, 0) is 13.6 Å². The minimum absolute atomic E-state index is 0.706. The van der Waals surface area contributed by atoms with Gasteiger partial charge in [0.1, 0.15) is 11.6 Å². The van der Waals surface area contributed by atoms with E-state index in [0.717, 1.165) is 30.0 Å². The zero-order valence-electron chi connectivity index (χ0n) is 12.9. The van der Waals surface area contributed by atoms with Crippen molar-refractivity contribution >= 4 is 0 Å². The maximum Gasteiger partial charge on any atom is 0.146 e. The van der Waals surface area contributed by atoms with Crippen LogP contribution >= 0.6 is 0 Å². The van der Waals surface area contributed by atoms with E-state index in [9.17, 15) is 0 Å². The Bertz CT molecular complexity index is 412. The van der Waals surface area contributed by atoms with E-state index in [1.54, 1.807) is 0 Å². The van der Waals surface area contributed by atoms with Crippen molar-refractivity contribution in [3.8, 4) is 0 Å². The van der Waals surface area contributed by atoms with E-state index in [2.05, 4.69) is 27.1 Å². The molecule has 2 aliphatic rings. The summed E-state index contributed by atoms with van der Waals surface area (Å²) in [5.74, 6) is 3.86. The molecule has 0 saturated heterocycles. The molecule has 4 nitrogen and oxygen atoms in total. The minimum atomic E-state index is 0.706. The molecule has 2 saturated carbocycles. The number of hydrogen-bond donors (Lipinski definition) is 1. The number of aryl methyl sites for hydroxylation is 1. The van der Waals surface area contributed by atoms with Crippen LogP contribution in [0.25, 0.3) is 0 Å². The summed E-state index contributed by atoms with van der Waals surface area (Å²) in [6, 6.07) is 0.706. The third kappa shape index (κ3) is 2.90. The summed E-state index contributed by atoms with van der Waals surface area (Å²) in [4.78, 5) is 0. The highest BCUT2D eigenvalue weighted by molar-refractivity contribution is 4.95. The van der Waals surface area contributed by atoms with Gasteiger partial charge in [-0.25, -0.2) is 0 Å². The van der Waals surface area contributed by atoms with Gasteiger partial charge in [0.05, 0.1) is 6.54 Å². The fourth-order valence-electron chi connectivity index (χ4n) is 4.17. The van der Waals surface area contributed by atoms with Crippen LogP contribution in [0.2, 0.25) is 0 Å². The first-order valence-electron chi connectivity index (χ1n) is 8.34. The SMILES string of the molecule is Cc1nnc(CNC(C2CCCC2)C2CCCC2)n1C. The second-order valence-electron chi connectivity index (χ2n) is 6.72. The molecule has 2 aliphatic carbocycles. The Labute approximate surface area is 122 Å². The van der Waals surface area contributed by atoms with Crippen LogP contribution < -0.4 is 5.32 Å². The molecule has 2 fully saturated rings. The van der Waals surface area contributed by atoms with Crippen molar-refractivity contribution in [2.45, 2.75) is 70.9 Å². The van der Waals surface area contributed by atoms with Gasteiger partial charge in [0.25, 0.3) is 0 Å². The topological polar surface area (TPSA) is 42.7 Å². The Morgan fingerprint density at radius 2 is 1.60 bits per heavy atom. The summed E-state index contributed by atoms with van der Waals surface area (Å²) in [6.07, 6.45) is 11.4. The molecule has 1 heterocycles. The minimum Gasteiger partial charge on any atom is -0.317 e. The maximum absolute atomic E-state index is 4.29. The Balaban J connectivity index is 1.64. The summed E-state index contributed by atoms with van der Waals surface area (Å²) < 4.78 is 2.10. The largest absolute Gasteiger partial charge is 0.317 e. The monoisotopic (exact) mass is 276 g/mol. The van der Waals surface area contributed by atoms with Gasteiger partial charge in [-0.2, -0.15) is 0 Å². The molecule has 0 unspecified atom stereocenters. The van der Waals surface area contributed by atoms with E-state index >= 15 is 0 Å². The van der Waals surface area contributed by atoms with E-state index in [4.69, 9.17) is 0 Å². The molecule has 4 heteroatoms. The van der Waals surface area contributed by atoms with Gasteiger partial charge >= 0.3 is 0 Å². The number of hydrogen-bond acceptors (Lipinski definition) is 3. The summed E-state index contributed by atoms with van der Waals surface area (Å²) in [5.41, 5.74) is 0. The highest BCUT2D eigenvalue weighted by Gasteiger charge is 2.32. The first-order chi connectivity index (χ1) is 9.75. The molecule has 0 aliphatic heterocycles. The van der Waals surface area contributed by atoms with Crippen LogP contribution in [0.3, 0.4) is 0 Å². The van der Waals surface area contributed by atoms with Gasteiger partial charge in [-0.05, 0) is 44.4 Å². The summed E-state index contributed by atoms with van der Waals surface area (Å²) in [6.45, 7) is 2.89. The maximum atomic E-state index is 4.29. The van der Waals surface area contributed by atoms with Gasteiger partial charge < -0.3 is 9.88 Å². The quantitative estimate of drug-likeness (QED) is 0.899. The van der Waals surface area contributed by atoms with Gasteiger partial charge in [-0.3, -0.25) is 0 Å². The van der Waals surface area contributed by atoms with E-state index in [1.807, 2.05) is 6.92 Å². The molecular weight excluding hydrogens is 248 g/mol. The van der Waals surface area contributed by atoms with Crippen molar-refractivity contribution in [2.75, 3.05) is 0 Å². The van der Waals surface area contributed by atoms with Crippen LogP contribution in [0.15, 0.2) is 0 Å². The van der Waals surface area contributed by atoms with Gasteiger partial charge in [0, 0.05) is 13.1 Å². The van der Waals surface area contributed by atoms with Crippen LogP contribution in [0, 0.1) is 18.8 Å². The smallest absolute Gasteiger partial charge is 0.146 e. The lowest BCUT2D eigenvalue weighted by molar-refractivity contribution is 0.256. The summed E-state index contributed by atoms with van der Waals surface area (Å²) in [7, 11) is 2.06. The molecule has 0 spiro atoms. The normalized spacial score (nSPS) is 21.4. The average Bonchev–Trinajstić information content (AvgIpc) is 3.17. The molecule has 20 heavy (non-hydrogen) atoms. The lowest BCUT2D eigenvalue weighted by Gasteiger charge is -2.30. The number of aromatic nitrogens is 3. The van der Waals surface area contributed by atoms with Gasteiger partial charge in [-0.1, -0.05) is 25.7 Å². The predicted octanol–water partition coefficient (Wildman–Crippen LogP) is 2.96. The fourth-order valence-corrected chi connectivity index (χ4v) is 4.17. The zero-order valence-corrected chi connectivity index (χ0v) is 12.9. The molecule has 3 rings (SSSR count). The molecule has 0 amide bonds. The Morgan fingerprint density at radius 3 is 2.05 bits per heavy atom. The van der Waals surface area contributed by atoms with Crippen molar-refractivity contribution in [2.24, 2.45) is 18.9 Å². The third-order valence-corrected chi connectivity index (χ3v) is 5.49. The molecule has 1 aromatic heterocycles. The first-order valence-corrected chi connectivity index (χ1v) is 8.34. The highest BCUT2D eigenvalue weighted by atomic mass is 15.3. The second kappa shape index (κ2) is 6.25. The Morgan fingerprint density at radius 1 is 1.05 bits per heavy atom.